The molecule has 0 amide bonds. The lowest BCUT2D eigenvalue weighted by molar-refractivity contribution is -0.141. The van der Waals surface area contributed by atoms with Crippen LogP contribution < -0.4 is 9.47 Å². The van der Waals surface area contributed by atoms with Gasteiger partial charge in [0.2, 0.25) is 0 Å². The van der Waals surface area contributed by atoms with E-state index in [1.54, 1.807) is 14.2 Å². The minimum Gasteiger partial charge on any atom is -0.496 e. The molecule has 1 aromatic rings. The minimum atomic E-state index is -0.247. The first-order chi connectivity index (χ1) is 8.58. The summed E-state index contributed by atoms with van der Waals surface area (Å²) in [4.78, 5) is 10.7. The topological polar surface area (TPSA) is 44.8 Å². The molecule has 18 heavy (non-hydrogen) atoms. The zero-order valence-electron chi connectivity index (χ0n) is 11.4. The maximum absolute atomic E-state index is 10.7. The Labute approximate surface area is 108 Å². The van der Waals surface area contributed by atoms with Crippen LogP contribution in [0.4, 0.5) is 0 Å². The standard InChI is InChI=1S/C14H20O4/c1-10-8-14(17-4)12(9-13(10)16-3)6-5-7-18-11(2)15/h8-9H,5-7H2,1-4H3. The van der Waals surface area contributed by atoms with Crippen LogP contribution in [0.15, 0.2) is 12.1 Å². The summed E-state index contributed by atoms with van der Waals surface area (Å²) >= 11 is 0. The van der Waals surface area contributed by atoms with E-state index in [-0.39, 0.29) is 5.97 Å². The summed E-state index contributed by atoms with van der Waals surface area (Å²) in [5.41, 5.74) is 2.10. The molecule has 0 saturated heterocycles. The minimum absolute atomic E-state index is 0.247. The van der Waals surface area contributed by atoms with Gasteiger partial charge in [-0.1, -0.05) is 0 Å². The summed E-state index contributed by atoms with van der Waals surface area (Å²) in [5.74, 6) is 1.44. The number of benzene rings is 1. The summed E-state index contributed by atoms with van der Waals surface area (Å²) in [6.07, 6.45) is 1.55. The van der Waals surface area contributed by atoms with Crippen molar-refractivity contribution in [2.24, 2.45) is 0 Å². The number of carbonyl (C=O) groups excluding carboxylic acids is 1. The summed E-state index contributed by atoms with van der Waals surface area (Å²) in [6, 6.07) is 3.93. The molecule has 100 valence electrons. The predicted molar refractivity (Wildman–Crippen MR) is 69.2 cm³/mol. The van der Waals surface area contributed by atoms with Gasteiger partial charge in [0.05, 0.1) is 20.8 Å². The third-order valence-corrected chi connectivity index (χ3v) is 2.69. The highest BCUT2D eigenvalue weighted by Gasteiger charge is 2.08. The third kappa shape index (κ3) is 3.95. The van der Waals surface area contributed by atoms with Crippen LogP contribution in [0.3, 0.4) is 0 Å². The number of methoxy groups -OCH3 is 2. The van der Waals surface area contributed by atoms with E-state index in [2.05, 4.69) is 0 Å². The molecular weight excluding hydrogens is 232 g/mol. The van der Waals surface area contributed by atoms with Crippen molar-refractivity contribution in [3.05, 3.63) is 23.3 Å². The number of carbonyl (C=O) groups is 1. The van der Waals surface area contributed by atoms with Crippen LogP contribution in [-0.4, -0.2) is 26.8 Å². The lowest BCUT2D eigenvalue weighted by Gasteiger charge is -2.13. The van der Waals surface area contributed by atoms with Gasteiger partial charge in [-0.25, -0.2) is 0 Å². The highest BCUT2D eigenvalue weighted by molar-refractivity contribution is 5.65. The van der Waals surface area contributed by atoms with E-state index in [1.165, 1.54) is 6.92 Å². The highest BCUT2D eigenvalue weighted by atomic mass is 16.5. The van der Waals surface area contributed by atoms with Gasteiger partial charge in [-0.05, 0) is 43.0 Å². The van der Waals surface area contributed by atoms with Crippen LogP contribution in [0, 0.1) is 6.92 Å². The molecule has 0 saturated carbocycles. The third-order valence-electron chi connectivity index (χ3n) is 2.69. The molecule has 0 radical (unpaired) electrons. The second-order valence-corrected chi connectivity index (χ2v) is 4.08. The Morgan fingerprint density at radius 2 is 1.83 bits per heavy atom. The number of hydrogen-bond donors (Lipinski definition) is 0. The van der Waals surface area contributed by atoms with E-state index in [0.29, 0.717) is 6.61 Å². The molecule has 0 aliphatic heterocycles. The van der Waals surface area contributed by atoms with Gasteiger partial charge in [0.15, 0.2) is 0 Å². The Bertz CT molecular complexity index is 413. The second-order valence-electron chi connectivity index (χ2n) is 4.08. The molecule has 4 heteroatoms. The first kappa shape index (κ1) is 14.4. The van der Waals surface area contributed by atoms with E-state index in [0.717, 1.165) is 35.5 Å². The van der Waals surface area contributed by atoms with E-state index in [1.807, 2.05) is 19.1 Å². The Hall–Kier alpha value is -1.71. The lowest BCUT2D eigenvalue weighted by Crippen LogP contribution is -2.03. The van der Waals surface area contributed by atoms with Gasteiger partial charge in [-0.3, -0.25) is 4.79 Å². The molecule has 0 bridgehead atoms. The van der Waals surface area contributed by atoms with Crippen molar-refractivity contribution in [3.63, 3.8) is 0 Å². The SMILES string of the molecule is COc1cc(CCCOC(C)=O)c(OC)cc1C. The monoisotopic (exact) mass is 252 g/mol. The van der Waals surface area contributed by atoms with Crippen LogP contribution in [0.1, 0.15) is 24.5 Å². The van der Waals surface area contributed by atoms with Crippen LogP contribution in [0.2, 0.25) is 0 Å². The van der Waals surface area contributed by atoms with Crippen molar-refractivity contribution < 1.29 is 19.0 Å². The predicted octanol–water partition coefficient (Wildman–Crippen LogP) is 2.51. The van der Waals surface area contributed by atoms with Gasteiger partial charge in [-0.2, -0.15) is 0 Å². The van der Waals surface area contributed by atoms with Crippen LogP contribution in [-0.2, 0) is 16.0 Å². The molecular formula is C14H20O4. The average Bonchev–Trinajstić information content (AvgIpc) is 2.35. The van der Waals surface area contributed by atoms with Gasteiger partial charge < -0.3 is 14.2 Å². The summed E-state index contributed by atoms with van der Waals surface area (Å²) in [7, 11) is 3.30. The smallest absolute Gasteiger partial charge is 0.302 e. The molecule has 0 unspecified atom stereocenters. The Morgan fingerprint density at radius 1 is 1.17 bits per heavy atom. The molecule has 1 aromatic carbocycles. The molecule has 0 aromatic heterocycles. The molecule has 0 heterocycles. The molecule has 1 rings (SSSR count). The van der Waals surface area contributed by atoms with Gasteiger partial charge >= 0.3 is 5.97 Å². The number of aryl methyl sites for hydroxylation is 2. The number of ether oxygens (including phenoxy) is 3. The van der Waals surface area contributed by atoms with E-state index < -0.39 is 0 Å². The van der Waals surface area contributed by atoms with E-state index >= 15 is 0 Å². The van der Waals surface area contributed by atoms with Crippen LogP contribution >= 0.6 is 0 Å². The van der Waals surface area contributed by atoms with Crippen molar-refractivity contribution in [2.45, 2.75) is 26.7 Å². The fourth-order valence-corrected chi connectivity index (χ4v) is 1.79. The molecule has 0 aliphatic carbocycles. The van der Waals surface area contributed by atoms with E-state index in [9.17, 15) is 4.79 Å². The quantitative estimate of drug-likeness (QED) is 0.576. The first-order valence-corrected chi connectivity index (χ1v) is 5.93. The van der Waals surface area contributed by atoms with Crippen molar-refractivity contribution in [3.8, 4) is 11.5 Å². The Kier molecular flexibility index (Phi) is 5.49. The van der Waals surface area contributed by atoms with E-state index in [4.69, 9.17) is 14.2 Å². The molecule has 0 fully saturated rings. The van der Waals surface area contributed by atoms with Crippen molar-refractivity contribution in [1.82, 2.24) is 0 Å². The van der Waals surface area contributed by atoms with Gasteiger partial charge in [-0.15, -0.1) is 0 Å². The van der Waals surface area contributed by atoms with Crippen molar-refractivity contribution in [2.75, 3.05) is 20.8 Å². The van der Waals surface area contributed by atoms with Gasteiger partial charge in [0, 0.05) is 6.92 Å². The lowest BCUT2D eigenvalue weighted by atomic mass is 10.1. The highest BCUT2D eigenvalue weighted by Crippen LogP contribution is 2.29. The molecule has 0 N–H and O–H groups in total. The van der Waals surface area contributed by atoms with Crippen LogP contribution in [0.5, 0.6) is 11.5 Å². The summed E-state index contributed by atoms with van der Waals surface area (Å²) in [6.45, 7) is 3.81. The zero-order chi connectivity index (χ0) is 13.5. The number of esters is 1. The second kappa shape index (κ2) is 6.89. The Morgan fingerprint density at radius 3 is 2.39 bits per heavy atom. The largest absolute Gasteiger partial charge is 0.496 e. The molecule has 4 nitrogen and oxygen atoms in total. The number of hydrogen-bond acceptors (Lipinski definition) is 4. The molecule has 0 atom stereocenters. The molecule has 0 spiro atoms. The molecule has 0 aliphatic rings. The fourth-order valence-electron chi connectivity index (χ4n) is 1.79. The maximum Gasteiger partial charge on any atom is 0.302 e. The van der Waals surface area contributed by atoms with Gasteiger partial charge in [0.1, 0.15) is 11.5 Å². The van der Waals surface area contributed by atoms with Crippen molar-refractivity contribution in [1.29, 1.82) is 0 Å². The zero-order valence-corrected chi connectivity index (χ0v) is 11.4. The Balaban J connectivity index is 2.70. The summed E-state index contributed by atoms with van der Waals surface area (Å²) in [5, 5.41) is 0. The number of rotatable bonds is 6. The van der Waals surface area contributed by atoms with Crippen LogP contribution in [0.25, 0.3) is 0 Å². The normalized spacial score (nSPS) is 10.0. The fraction of sp³-hybridized carbons (Fsp3) is 0.500. The summed E-state index contributed by atoms with van der Waals surface area (Å²) < 4.78 is 15.5. The van der Waals surface area contributed by atoms with Crippen molar-refractivity contribution >= 4 is 5.97 Å². The first-order valence-electron chi connectivity index (χ1n) is 5.93. The maximum atomic E-state index is 10.7. The average molecular weight is 252 g/mol. The van der Waals surface area contributed by atoms with Gasteiger partial charge in [0.25, 0.3) is 0 Å².